The van der Waals surface area contributed by atoms with Gasteiger partial charge >= 0.3 is 0 Å². The van der Waals surface area contributed by atoms with Crippen molar-refractivity contribution in [3.63, 3.8) is 0 Å². The van der Waals surface area contributed by atoms with E-state index in [1.165, 1.54) is 12.1 Å². The minimum absolute atomic E-state index is 0.0625. The van der Waals surface area contributed by atoms with Gasteiger partial charge in [-0.15, -0.1) is 0 Å². The molecule has 18 heavy (non-hydrogen) atoms. The zero-order valence-corrected chi connectivity index (χ0v) is 11.3. The van der Waals surface area contributed by atoms with Crippen molar-refractivity contribution in [1.29, 1.82) is 0 Å². The molecule has 0 aliphatic carbocycles. The first-order valence-electron chi connectivity index (χ1n) is 5.88. The van der Waals surface area contributed by atoms with Crippen LogP contribution < -0.4 is 11.1 Å². The van der Waals surface area contributed by atoms with Gasteiger partial charge in [0, 0.05) is 12.6 Å². The highest BCUT2D eigenvalue weighted by Crippen LogP contribution is 2.18. The third-order valence-electron chi connectivity index (χ3n) is 2.55. The molecule has 0 aliphatic rings. The summed E-state index contributed by atoms with van der Waals surface area (Å²) in [6.07, 6.45) is 0.453. The van der Waals surface area contributed by atoms with E-state index in [4.69, 9.17) is 17.3 Å². The van der Waals surface area contributed by atoms with E-state index in [9.17, 15) is 9.18 Å². The summed E-state index contributed by atoms with van der Waals surface area (Å²) < 4.78 is 13.0. The molecule has 1 amide bonds. The van der Waals surface area contributed by atoms with Gasteiger partial charge in [0.25, 0.3) is 0 Å². The average molecular weight is 273 g/mol. The molecule has 5 heteroatoms. The quantitative estimate of drug-likeness (QED) is 0.863. The molecule has 0 aromatic heterocycles. The van der Waals surface area contributed by atoms with E-state index in [1.54, 1.807) is 6.07 Å². The first kappa shape index (κ1) is 14.9. The van der Waals surface area contributed by atoms with Gasteiger partial charge in [0.15, 0.2) is 0 Å². The zero-order valence-electron chi connectivity index (χ0n) is 10.5. The van der Waals surface area contributed by atoms with Crippen molar-refractivity contribution < 1.29 is 9.18 Å². The molecule has 3 nitrogen and oxygen atoms in total. The minimum Gasteiger partial charge on any atom is -0.354 e. The number of carbonyl (C=O) groups is 1. The fraction of sp³-hybridized carbons (Fsp3) is 0.462. The molecule has 0 radical (unpaired) electrons. The summed E-state index contributed by atoms with van der Waals surface area (Å²) in [6, 6.07) is 4.52. The monoisotopic (exact) mass is 272 g/mol. The standard InChI is InChI=1S/C13H18ClFN2O/c1-8(2)17-13(18)10(7-16)5-9-3-4-12(15)11(14)6-9/h3-4,6,8,10H,5,7,16H2,1-2H3,(H,17,18). The van der Waals surface area contributed by atoms with E-state index in [1.807, 2.05) is 13.8 Å². The lowest BCUT2D eigenvalue weighted by Crippen LogP contribution is -2.39. The topological polar surface area (TPSA) is 55.1 Å². The molecule has 0 bridgehead atoms. The summed E-state index contributed by atoms with van der Waals surface area (Å²) in [7, 11) is 0. The van der Waals surface area contributed by atoms with Crippen molar-refractivity contribution in [3.05, 3.63) is 34.6 Å². The number of carbonyl (C=O) groups excluding carboxylic acids is 1. The number of nitrogens with one attached hydrogen (secondary N) is 1. The van der Waals surface area contributed by atoms with Crippen LogP contribution in [0.2, 0.25) is 5.02 Å². The number of nitrogens with two attached hydrogens (primary N) is 1. The van der Waals surface area contributed by atoms with Crippen molar-refractivity contribution in [2.24, 2.45) is 11.7 Å². The van der Waals surface area contributed by atoms with Crippen LogP contribution in [0.1, 0.15) is 19.4 Å². The third kappa shape index (κ3) is 4.27. The van der Waals surface area contributed by atoms with E-state index in [0.29, 0.717) is 6.42 Å². The molecular formula is C13H18ClFN2O. The molecule has 1 rings (SSSR count). The molecule has 100 valence electrons. The van der Waals surface area contributed by atoms with Crippen molar-refractivity contribution in [2.75, 3.05) is 6.54 Å². The maximum absolute atomic E-state index is 13.0. The smallest absolute Gasteiger partial charge is 0.224 e. The third-order valence-corrected chi connectivity index (χ3v) is 2.84. The Morgan fingerprint density at radius 2 is 2.17 bits per heavy atom. The predicted molar refractivity (Wildman–Crippen MR) is 70.9 cm³/mol. The number of hydrogen-bond acceptors (Lipinski definition) is 2. The molecule has 0 fully saturated rings. The van der Waals surface area contributed by atoms with Crippen molar-refractivity contribution >= 4 is 17.5 Å². The maximum Gasteiger partial charge on any atom is 0.224 e. The van der Waals surface area contributed by atoms with Gasteiger partial charge in [-0.05, 0) is 38.0 Å². The summed E-state index contributed by atoms with van der Waals surface area (Å²) in [5, 5.41) is 2.88. The molecule has 3 N–H and O–H groups in total. The van der Waals surface area contributed by atoms with E-state index in [0.717, 1.165) is 5.56 Å². The minimum atomic E-state index is -0.462. The van der Waals surface area contributed by atoms with Gasteiger partial charge < -0.3 is 11.1 Å². The molecule has 1 atom stereocenters. The van der Waals surface area contributed by atoms with Gasteiger partial charge in [-0.3, -0.25) is 4.79 Å². The van der Waals surface area contributed by atoms with E-state index in [-0.39, 0.29) is 29.4 Å². The molecule has 1 unspecified atom stereocenters. The average Bonchev–Trinajstić information content (AvgIpc) is 2.29. The van der Waals surface area contributed by atoms with Gasteiger partial charge in [-0.1, -0.05) is 17.7 Å². The number of halogens is 2. The number of rotatable bonds is 5. The van der Waals surface area contributed by atoms with Gasteiger partial charge in [-0.25, -0.2) is 4.39 Å². The van der Waals surface area contributed by atoms with E-state index < -0.39 is 5.82 Å². The molecule has 0 saturated heterocycles. The zero-order chi connectivity index (χ0) is 13.7. The number of benzene rings is 1. The lowest BCUT2D eigenvalue weighted by Gasteiger charge is -2.17. The van der Waals surface area contributed by atoms with Crippen molar-refractivity contribution in [3.8, 4) is 0 Å². The van der Waals surface area contributed by atoms with Crippen molar-refractivity contribution in [1.82, 2.24) is 5.32 Å². The van der Waals surface area contributed by atoms with Crippen molar-refractivity contribution in [2.45, 2.75) is 26.3 Å². The van der Waals surface area contributed by atoms with Gasteiger partial charge in [0.1, 0.15) is 5.82 Å². The Morgan fingerprint density at radius 1 is 1.50 bits per heavy atom. The Kier molecular flexibility index (Phi) is 5.56. The van der Waals surface area contributed by atoms with Crippen LogP contribution in [-0.2, 0) is 11.2 Å². The molecule has 0 heterocycles. The van der Waals surface area contributed by atoms with Crippen LogP contribution in [0.5, 0.6) is 0 Å². The largest absolute Gasteiger partial charge is 0.354 e. The second-order valence-electron chi connectivity index (χ2n) is 4.55. The lowest BCUT2D eigenvalue weighted by atomic mass is 9.98. The molecule has 1 aromatic carbocycles. The molecule has 0 spiro atoms. The summed E-state index contributed by atoms with van der Waals surface area (Å²) in [4.78, 5) is 11.8. The SMILES string of the molecule is CC(C)NC(=O)C(CN)Cc1ccc(F)c(Cl)c1. The van der Waals surface area contributed by atoms with Gasteiger partial charge in [0.2, 0.25) is 5.91 Å². The van der Waals surface area contributed by atoms with Crippen LogP contribution in [-0.4, -0.2) is 18.5 Å². The van der Waals surface area contributed by atoms with E-state index in [2.05, 4.69) is 5.32 Å². The maximum atomic E-state index is 13.0. The Balaban J connectivity index is 2.73. The summed E-state index contributed by atoms with van der Waals surface area (Å²) in [5.41, 5.74) is 6.40. The highest BCUT2D eigenvalue weighted by Gasteiger charge is 2.18. The first-order valence-corrected chi connectivity index (χ1v) is 6.26. The highest BCUT2D eigenvalue weighted by molar-refractivity contribution is 6.30. The highest BCUT2D eigenvalue weighted by atomic mass is 35.5. The number of hydrogen-bond donors (Lipinski definition) is 2. The molecule has 0 aliphatic heterocycles. The molecule has 1 aromatic rings. The molecular weight excluding hydrogens is 255 g/mol. The Bertz CT molecular complexity index is 423. The summed E-state index contributed by atoms with van der Waals surface area (Å²) in [5.74, 6) is -0.877. The predicted octanol–water partition coefficient (Wildman–Crippen LogP) is 2.12. The van der Waals surface area contributed by atoms with Gasteiger partial charge in [-0.2, -0.15) is 0 Å². The Hall–Kier alpha value is -1.13. The normalized spacial score (nSPS) is 12.6. The molecule has 0 saturated carbocycles. The summed E-state index contributed by atoms with van der Waals surface area (Å²) >= 11 is 5.70. The lowest BCUT2D eigenvalue weighted by molar-refractivity contribution is -0.125. The number of amides is 1. The van der Waals surface area contributed by atoms with E-state index >= 15 is 0 Å². The van der Waals surface area contributed by atoms with Crippen LogP contribution >= 0.6 is 11.6 Å². The summed E-state index contributed by atoms with van der Waals surface area (Å²) in [6.45, 7) is 4.02. The first-order chi connectivity index (χ1) is 8.43. The van der Waals surface area contributed by atoms with Gasteiger partial charge in [0.05, 0.1) is 10.9 Å². The van der Waals surface area contributed by atoms with Crippen LogP contribution in [0.3, 0.4) is 0 Å². The Morgan fingerprint density at radius 3 is 2.67 bits per heavy atom. The van der Waals surface area contributed by atoms with Crippen LogP contribution in [0.25, 0.3) is 0 Å². The fourth-order valence-corrected chi connectivity index (χ4v) is 1.84. The Labute approximate surface area is 112 Å². The van der Waals surface area contributed by atoms with Crippen LogP contribution in [0, 0.1) is 11.7 Å². The second-order valence-corrected chi connectivity index (χ2v) is 4.96. The second kappa shape index (κ2) is 6.71. The van der Waals surface area contributed by atoms with Crippen LogP contribution in [0.4, 0.5) is 4.39 Å². The fourth-order valence-electron chi connectivity index (χ4n) is 1.64. The van der Waals surface area contributed by atoms with Crippen LogP contribution in [0.15, 0.2) is 18.2 Å².